The molecule has 2 atom stereocenters. The third-order valence-electron chi connectivity index (χ3n) is 1.43. The number of halogens is 4. The van der Waals surface area contributed by atoms with E-state index in [2.05, 4.69) is 0 Å². The first-order valence-electron chi connectivity index (χ1n) is 3.11. The molecule has 0 fully saturated rings. The lowest BCUT2D eigenvalue weighted by Crippen LogP contribution is -2.44. The highest BCUT2D eigenvalue weighted by Gasteiger charge is 2.45. The molecule has 0 aromatic rings. The summed E-state index contributed by atoms with van der Waals surface area (Å²) in [5, 5.41) is 1.52. The van der Waals surface area contributed by atoms with Crippen LogP contribution in [-0.4, -0.2) is 18.4 Å². The van der Waals surface area contributed by atoms with Gasteiger partial charge in [0.25, 0.3) is 0 Å². The van der Waals surface area contributed by atoms with Crippen molar-refractivity contribution >= 4 is 5.91 Å². The maximum Gasteiger partial charge on any atom is 0.399 e. The first-order valence-corrected chi connectivity index (χ1v) is 3.11. The molecule has 0 saturated carbocycles. The predicted octanol–water partition coefficient (Wildman–Crippen LogP) is 1.15. The molecule has 6 heteroatoms. The number of amides is 1. The average molecular weight is 183 g/mol. The van der Waals surface area contributed by atoms with Crippen molar-refractivity contribution in [1.29, 1.82) is 0 Å². The normalized spacial score (nSPS) is 30.2. The summed E-state index contributed by atoms with van der Waals surface area (Å²) in [5.41, 5.74) is 0. The molecule has 1 amide bonds. The number of rotatable bonds is 0. The van der Waals surface area contributed by atoms with Gasteiger partial charge in [0.05, 0.1) is 0 Å². The standard InChI is InChI=1S/C6H5F4NO/c7-5-3(6(8,9)10)1-2-4(12)11-5/h1-3,5H,(H,11,12). The number of carbonyl (C=O) groups is 1. The minimum absolute atomic E-state index is 0.517. The maximum absolute atomic E-state index is 12.5. The SMILES string of the molecule is O=C1C=CC(C(F)(F)F)C(F)N1. The van der Waals surface area contributed by atoms with Gasteiger partial charge in [0.15, 0.2) is 6.30 Å². The first kappa shape index (κ1) is 9.02. The number of nitrogens with one attached hydrogen (secondary N) is 1. The Morgan fingerprint density at radius 1 is 1.42 bits per heavy atom. The lowest BCUT2D eigenvalue weighted by Gasteiger charge is -2.23. The molecule has 0 aromatic heterocycles. The third-order valence-corrected chi connectivity index (χ3v) is 1.43. The van der Waals surface area contributed by atoms with E-state index in [9.17, 15) is 22.4 Å². The van der Waals surface area contributed by atoms with Gasteiger partial charge < -0.3 is 5.32 Å². The lowest BCUT2D eigenvalue weighted by atomic mass is 10.0. The van der Waals surface area contributed by atoms with E-state index in [0.717, 1.165) is 0 Å². The highest BCUT2D eigenvalue weighted by Crippen LogP contribution is 2.31. The van der Waals surface area contributed by atoms with Crippen molar-refractivity contribution in [3.8, 4) is 0 Å². The van der Waals surface area contributed by atoms with Gasteiger partial charge in [0.2, 0.25) is 5.91 Å². The molecular formula is C6H5F4NO. The van der Waals surface area contributed by atoms with Crippen molar-refractivity contribution in [2.45, 2.75) is 12.5 Å². The Hall–Kier alpha value is -1.07. The summed E-state index contributed by atoms with van der Waals surface area (Å²) in [4.78, 5) is 10.3. The highest BCUT2D eigenvalue weighted by atomic mass is 19.4. The topological polar surface area (TPSA) is 29.1 Å². The molecule has 1 heterocycles. The summed E-state index contributed by atoms with van der Waals surface area (Å²) >= 11 is 0. The molecule has 0 radical (unpaired) electrons. The smallest absolute Gasteiger partial charge is 0.322 e. The zero-order chi connectivity index (χ0) is 9.35. The molecule has 0 bridgehead atoms. The summed E-state index contributed by atoms with van der Waals surface area (Å²) in [6.45, 7) is 0. The summed E-state index contributed by atoms with van der Waals surface area (Å²) in [5.74, 6) is -3.07. The highest BCUT2D eigenvalue weighted by molar-refractivity contribution is 5.88. The largest absolute Gasteiger partial charge is 0.399 e. The van der Waals surface area contributed by atoms with E-state index in [1.807, 2.05) is 0 Å². The van der Waals surface area contributed by atoms with Gasteiger partial charge in [-0.3, -0.25) is 4.79 Å². The van der Waals surface area contributed by atoms with Gasteiger partial charge in [-0.05, 0) is 6.08 Å². The fourth-order valence-electron chi connectivity index (χ4n) is 0.837. The molecule has 2 nitrogen and oxygen atoms in total. The predicted molar refractivity (Wildman–Crippen MR) is 31.7 cm³/mol. The molecular weight excluding hydrogens is 178 g/mol. The second-order valence-electron chi connectivity index (χ2n) is 2.34. The monoisotopic (exact) mass is 183 g/mol. The fraction of sp³-hybridized carbons (Fsp3) is 0.500. The van der Waals surface area contributed by atoms with E-state index < -0.39 is 24.3 Å². The van der Waals surface area contributed by atoms with E-state index in [1.165, 1.54) is 5.32 Å². The molecule has 1 aliphatic rings. The van der Waals surface area contributed by atoms with Crippen LogP contribution in [0, 0.1) is 5.92 Å². The Morgan fingerprint density at radius 3 is 2.42 bits per heavy atom. The van der Waals surface area contributed by atoms with Crippen LogP contribution in [0.15, 0.2) is 12.2 Å². The summed E-state index contributed by atoms with van der Waals surface area (Å²) in [6, 6.07) is 0. The molecule has 1 rings (SSSR count). The average Bonchev–Trinajstić information content (AvgIpc) is 1.83. The Balaban J connectivity index is 2.80. The van der Waals surface area contributed by atoms with E-state index >= 15 is 0 Å². The van der Waals surface area contributed by atoms with Gasteiger partial charge >= 0.3 is 6.18 Å². The molecule has 12 heavy (non-hydrogen) atoms. The quantitative estimate of drug-likeness (QED) is 0.443. The number of alkyl halides is 4. The van der Waals surface area contributed by atoms with Crippen molar-refractivity contribution in [1.82, 2.24) is 5.32 Å². The molecule has 68 valence electrons. The number of carbonyl (C=O) groups excluding carboxylic acids is 1. The minimum Gasteiger partial charge on any atom is -0.322 e. The Labute approximate surface area is 65.2 Å². The van der Waals surface area contributed by atoms with Crippen molar-refractivity contribution in [2.75, 3.05) is 0 Å². The van der Waals surface area contributed by atoms with Crippen molar-refractivity contribution in [3.05, 3.63) is 12.2 Å². The summed E-state index contributed by atoms with van der Waals surface area (Å²) in [6.07, 6.45) is -5.83. The second kappa shape index (κ2) is 2.76. The van der Waals surface area contributed by atoms with Crippen LogP contribution in [0.3, 0.4) is 0 Å². The van der Waals surface area contributed by atoms with Gasteiger partial charge in [0.1, 0.15) is 5.92 Å². The fourth-order valence-corrected chi connectivity index (χ4v) is 0.837. The van der Waals surface area contributed by atoms with Crippen LogP contribution in [-0.2, 0) is 4.79 Å². The van der Waals surface area contributed by atoms with Crippen LogP contribution in [0.2, 0.25) is 0 Å². The van der Waals surface area contributed by atoms with Crippen molar-refractivity contribution in [3.63, 3.8) is 0 Å². The van der Waals surface area contributed by atoms with Crippen LogP contribution >= 0.6 is 0 Å². The second-order valence-corrected chi connectivity index (χ2v) is 2.34. The minimum atomic E-state index is -4.65. The van der Waals surface area contributed by atoms with Crippen molar-refractivity contribution in [2.24, 2.45) is 5.92 Å². The van der Waals surface area contributed by atoms with Gasteiger partial charge in [0, 0.05) is 0 Å². The van der Waals surface area contributed by atoms with Crippen LogP contribution in [0.25, 0.3) is 0 Å². The Kier molecular flexibility index (Phi) is 2.08. The van der Waals surface area contributed by atoms with Crippen LogP contribution in [0.5, 0.6) is 0 Å². The maximum atomic E-state index is 12.5. The first-order chi connectivity index (χ1) is 5.41. The number of hydrogen-bond acceptors (Lipinski definition) is 1. The molecule has 0 spiro atoms. The van der Waals surface area contributed by atoms with Crippen LogP contribution in [0.1, 0.15) is 0 Å². The third kappa shape index (κ3) is 1.75. The lowest BCUT2D eigenvalue weighted by molar-refractivity contribution is -0.180. The summed E-state index contributed by atoms with van der Waals surface area (Å²) in [7, 11) is 0. The van der Waals surface area contributed by atoms with Crippen LogP contribution < -0.4 is 5.32 Å². The molecule has 0 aliphatic carbocycles. The Morgan fingerprint density at radius 2 is 2.00 bits per heavy atom. The van der Waals surface area contributed by atoms with Gasteiger partial charge in [-0.1, -0.05) is 6.08 Å². The zero-order valence-corrected chi connectivity index (χ0v) is 5.73. The van der Waals surface area contributed by atoms with Gasteiger partial charge in [-0.15, -0.1) is 0 Å². The Bertz CT molecular complexity index is 222. The zero-order valence-electron chi connectivity index (χ0n) is 5.73. The van der Waals surface area contributed by atoms with E-state index in [0.29, 0.717) is 12.2 Å². The van der Waals surface area contributed by atoms with Crippen LogP contribution in [0.4, 0.5) is 17.6 Å². The molecule has 0 saturated heterocycles. The van der Waals surface area contributed by atoms with Gasteiger partial charge in [-0.25, -0.2) is 4.39 Å². The molecule has 1 N–H and O–H groups in total. The van der Waals surface area contributed by atoms with Gasteiger partial charge in [-0.2, -0.15) is 13.2 Å². The van der Waals surface area contributed by atoms with E-state index in [1.54, 1.807) is 0 Å². The molecule has 2 unspecified atom stereocenters. The van der Waals surface area contributed by atoms with E-state index in [-0.39, 0.29) is 0 Å². The molecule has 0 aromatic carbocycles. The van der Waals surface area contributed by atoms with E-state index in [4.69, 9.17) is 0 Å². The molecule has 1 aliphatic heterocycles. The van der Waals surface area contributed by atoms with Crippen molar-refractivity contribution < 1.29 is 22.4 Å². The number of hydrogen-bond donors (Lipinski definition) is 1. The summed E-state index contributed by atoms with van der Waals surface area (Å²) < 4.78 is 48.1.